The average molecular weight is 315 g/mol. The highest BCUT2D eigenvalue weighted by molar-refractivity contribution is 9.10. The number of fused-ring (bicyclic) bond motifs is 1. The van der Waals surface area contributed by atoms with Gasteiger partial charge in [0.25, 0.3) is 5.69 Å². The van der Waals surface area contributed by atoms with Gasteiger partial charge in [-0.1, -0.05) is 15.9 Å². The minimum Gasteiger partial charge on any atom is -0.480 e. The number of nitro groups is 1. The summed E-state index contributed by atoms with van der Waals surface area (Å²) in [5.41, 5.74) is 1.22. The molecule has 0 spiro atoms. The van der Waals surface area contributed by atoms with Crippen LogP contribution in [0.25, 0.3) is 0 Å². The Labute approximate surface area is 111 Å². The Morgan fingerprint density at radius 1 is 1.56 bits per heavy atom. The van der Waals surface area contributed by atoms with Crippen molar-refractivity contribution in [1.82, 2.24) is 0 Å². The van der Waals surface area contributed by atoms with Crippen LogP contribution in [0.3, 0.4) is 0 Å². The van der Waals surface area contributed by atoms with Crippen molar-refractivity contribution in [2.24, 2.45) is 0 Å². The van der Waals surface area contributed by atoms with Crippen LogP contribution in [0.4, 0.5) is 11.4 Å². The van der Waals surface area contributed by atoms with E-state index < -0.39 is 10.9 Å². The summed E-state index contributed by atoms with van der Waals surface area (Å²) in [6.45, 7) is 0.317. The van der Waals surface area contributed by atoms with Crippen LogP contribution in [0.5, 0.6) is 0 Å². The molecule has 0 unspecified atom stereocenters. The molecule has 18 heavy (non-hydrogen) atoms. The van der Waals surface area contributed by atoms with Crippen molar-refractivity contribution in [3.8, 4) is 0 Å². The predicted octanol–water partition coefficient (Wildman–Crippen LogP) is 2.19. The number of carbonyl (C=O) groups is 1. The normalized spacial score (nSPS) is 14.2. The minimum atomic E-state index is -0.986. The second kappa shape index (κ2) is 4.93. The number of aliphatic carboxylic acids is 1. The Hall–Kier alpha value is -1.63. The number of aryl methyl sites for hydroxylation is 1. The molecule has 0 saturated heterocycles. The lowest BCUT2D eigenvalue weighted by Crippen LogP contribution is -2.34. The summed E-state index contributed by atoms with van der Waals surface area (Å²) in [6, 6.07) is 3.23. The Balaban J connectivity index is 2.53. The van der Waals surface area contributed by atoms with Gasteiger partial charge in [-0.3, -0.25) is 14.9 Å². The van der Waals surface area contributed by atoms with Crippen molar-refractivity contribution in [3.63, 3.8) is 0 Å². The summed E-state index contributed by atoms with van der Waals surface area (Å²) in [5.74, 6) is -0.986. The number of hydrogen-bond acceptors (Lipinski definition) is 4. The van der Waals surface area contributed by atoms with Crippen LogP contribution < -0.4 is 4.90 Å². The first-order chi connectivity index (χ1) is 8.49. The molecule has 2 rings (SSSR count). The first-order valence-corrected chi connectivity index (χ1v) is 6.22. The maximum Gasteiger partial charge on any atom is 0.323 e. The van der Waals surface area contributed by atoms with E-state index in [0.717, 1.165) is 18.4 Å². The van der Waals surface area contributed by atoms with E-state index in [0.29, 0.717) is 16.7 Å². The number of carboxylic acids is 1. The third-order valence-corrected chi connectivity index (χ3v) is 3.30. The molecule has 0 radical (unpaired) electrons. The van der Waals surface area contributed by atoms with E-state index in [2.05, 4.69) is 15.9 Å². The molecule has 0 atom stereocenters. The molecule has 1 N–H and O–H groups in total. The highest BCUT2D eigenvalue weighted by atomic mass is 79.9. The fraction of sp³-hybridized carbons (Fsp3) is 0.364. The average Bonchev–Trinajstić information content (AvgIpc) is 2.26. The van der Waals surface area contributed by atoms with E-state index in [1.165, 1.54) is 6.07 Å². The molecule has 96 valence electrons. The lowest BCUT2D eigenvalue weighted by Gasteiger charge is -2.29. The molecule has 1 heterocycles. The first-order valence-electron chi connectivity index (χ1n) is 5.42. The number of nitro benzene ring substituents is 1. The predicted molar refractivity (Wildman–Crippen MR) is 69.0 cm³/mol. The van der Waals surface area contributed by atoms with Crippen molar-refractivity contribution in [1.29, 1.82) is 0 Å². The molecule has 7 heteroatoms. The van der Waals surface area contributed by atoms with E-state index in [9.17, 15) is 14.9 Å². The van der Waals surface area contributed by atoms with Crippen LogP contribution in [-0.2, 0) is 11.2 Å². The largest absolute Gasteiger partial charge is 0.480 e. The van der Waals surface area contributed by atoms with E-state index in [-0.39, 0.29) is 12.2 Å². The lowest BCUT2D eigenvalue weighted by atomic mass is 10.0. The van der Waals surface area contributed by atoms with Gasteiger partial charge in [-0.05, 0) is 24.5 Å². The number of halogens is 1. The molecule has 1 aliphatic heterocycles. The van der Waals surface area contributed by atoms with Gasteiger partial charge in [0.05, 0.1) is 4.92 Å². The molecule has 1 aromatic carbocycles. The third kappa shape index (κ3) is 2.45. The molecule has 0 bridgehead atoms. The minimum absolute atomic E-state index is 0.0414. The van der Waals surface area contributed by atoms with Crippen molar-refractivity contribution in [2.45, 2.75) is 12.8 Å². The number of carboxylic acid groups (broad SMARTS) is 1. The van der Waals surface area contributed by atoms with Gasteiger partial charge in [-0.25, -0.2) is 0 Å². The van der Waals surface area contributed by atoms with Crippen LogP contribution in [0.1, 0.15) is 12.0 Å². The number of benzene rings is 1. The topological polar surface area (TPSA) is 83.7 Å². The SMILES string of the molecule is O=C(O)CN1CCCc2cc(Br)cc([N+](=O)[O-])c21. The van der Waals surface area contributed by atoms with E-state index in [1.807, 2.05) is 6.07 Å². The summed E-state index contributed by atoms with van der Waals surface area (Å²) in [5, 5.41) is 19.9. The Morgan fingerprint density at radius 2 is 2.28 bits per heavy atom. The standard InChI is InChI=1S/C11H11BrN2O4/c12-8-4-7-2-1-3-13(6-10(15)16)11(7)9(5-8)14(17)18/h4-5H,1-3,6H2,(H,15,16). The van der Waals surface area contributed by atoms with Gasteiger partial charge in [0.2, 0.25) is 0 Å². The molecular weight excluding hydrogens is 304 g/mol. The highest BCUT2D eigenvalue weighted by Crippen LogP contribution is 2.38. The van der Waals surface area contributed by atoms with E-state index in [4.69, 9.17) is 5.11 Å². The Morgan fingerprint density at radius 3 is 2.89 bits per heavy atom. The fourth-order valence-electron chi connectivity index (χ4n) is 2.23. The van der Waals surface area contributed by atoms with Crippen molar-refractivity contribution >= 4 is 33.3 Å². The van der Waals surface area contributed by atoms with Crippen molar-refractivity contribution in [2.75, 3.05) is 18.0 Å². The summed E-state index contributed by atoms with van der Waals surface area (Å²) in [4.78, 5) is 23.0. The number of rotatable bonds is 3. The molecular formula is C11H11BrN2O4. The summed E-state index contributed by atoms with van der Waals surface area (Å²) < 4.78 is 0.644. The van der Waals surface area contributed by atoms with Gasteiger partial charge in [0.15, 0.2) is 0 Å². The highest BCUT2D eigenvalue weighted by Gasteiger charge is 2.28. The van der Waals surface area contributed by atoms with Gasteiger partial charge in [0.1, 0.15) is 12.2 Å². The van der Waals surface area contributed by atoms with Crippen LogP contribution in [0, 0.1) is 10.1 Å². The molecule has 0 aromatic heterocycles. The molecule has 0 aliphatic carbocycles. The van der Waals surface area contributed by atoms with Gasteiger partial charge in [0, 0.05) is 17.1 Å². The maximum absolute atomic E-state index is 11.1. The molecule has 1 aromatic rings. The second-order valence-electron chi connectivity index (χ2n) is 4.11. The number of hydrogen-bond donors (Lipinski definition) is 1. The summed E-state index contributed by atoms with van der Waals surface area (Å²) in [7, 11) is 0. The zero-order valence-corrected chi connectivity index (χ0v) is 11.0. The fourth-order valence-corrected chi connectivity index (χ4v) is 2.72. The van der Waals surface area contributed by atoms with Crippen LogP contribution in [-0.4, -0.2) is 29.1 Å². The monoisotopic (exact) mass is 314 g/mol. The smallest absolute Gasteiger partial charge is 0.323 e. The molecule has 0 fully saturated rings. The van der Waals surface area contributed by atoms with Gasteiger partial charge >= 0.3 is 5.97 Å². The van der Waals surface area contributed by atoms with Crippen LogP contribution >= 0.6 is 15.9 Å². The third-order valence-electron chi connectivity index (χ3n) is 2.85. The zero-order chi connectivity index (χ0) is 13.3. The number of anilines is 1. The second-order valence-corrected chi connectivity index (χ2v) is 5.02. The summed E-state index contributed by atoms with van der Waals surface area (Å²) >= 11 is 3.24. The molecule has 6 nitrogen and oxygen atoms in total. The molecule has 0 amide bonds. The molecule has 1 aliphatic rings. The number of nitrogens with zero attached hydrogens (tertiary/aromatic N) is 2. The molecule has 0 saturated carbocycles. The van der Waals surface area contributed by atoms with E-state index >= 15 is 0 Å². The summed E-state index contributed by atoms with van der Waals surface area (Å²) in [6.07, 6.45) is 1.53. The Kier molecular flexibility index (Phi) is 3.51. The van der Waals surface area contributed by atoms with Crippen molar-refractivity contribution in [3.05, 3.63) is 32.3 Å². The van der Waals surface area contributed by atoms with Gasteiger partial charge in [-0.2, -0.15) is 0 Å². The Bertz CT molecular complexity index is 518. The van der Waals surface area contributed by atoms with Crippen LogP contribution in [0.2, 0.25) is 0 Å². The first kappa shape index (κ1) is 12.8. The van der Waals surface area contributed by atoms with Gasteiger partial charge in [-0.15, -0.1) is 0 Å². The quantitative estimate of drug-likeness (QED) is 0.683. The van der Waals surface area contributed by atoms with E-state index in [1.54, 1.807) is 4.90 Å². The zero-order valence-electron chi connectivity index (χ0n) is 9.43. The van der Waals surface area contributed by atoms with Gasteiger partial charge < -0.3 is 10.0 Å². The van der Waals surface area contributed by atoms with Crippen molar-refractivity contribution < 1.29 is 14.8 Å². The lowest BCUT2D eigenvalue weighted by molar-refractivity contribution is -0.384. The van der Waals surface area contributed by atoms with Crippen LogP contribution in [0.15, 0.2) is 16.6 Å². The maximum atomic E-state index is 11.1.